The standard InChI is InChI=1S/C12H14INO/c1-2-14-11-7-6-10(13)8-9(11)4-3-5-12(14)15/h6-8H,2-5H2,1H3. The van der Waals surface area contributed by atoms with Gasteiger partial charge >= 0.3 is 0 Å². The Morgan fingerprint density at radius 2 is 2.20 bits per heavy atom. The number of amides is 1. The van der Waals surface area contributed by atoms with Crippen molar-refractivity contribution in [2.75, 3.05) is 11.4 Å². The normalized spacial score (nSPS) is 16.1. The first-order valence-electron chi connectivity index (χ1n) is 5.31. The molecule has 2 rings (SSSR count). The molecule has 1 amide bonds. The predicted molar refractivity (Wildman–Crippen MR) is 70.1 cm³/mol. The molecule has 1 aromatic rings. The average molecular weight is 315 g/mol. The number of halogens is 1. The maximum atomic E-state index is 11.8. The Balaban J connectivity index is 2.47. The molecule has 80 valence electrons. The number of benzene rings is 1. The van der Waals surface area contributed by atoms with Gasteiger partial charge in [0.05, 0.1) is 0 Å². The van der Waals surface area contributed by atoms with Crippen molar-refractivity contribution >= 4 is 34.2 Å². The number of hydrogen-bond donors (Lipinski definition) is 0. The lowest BCUT2D eigenvalue weighted by atomic mass is 10.1. The summed E-state index contributed by atoms with van der Waals surface area (Å²) in [6, 6.07) is 6.33. The summed E-state index contributed by atoms with van der Waals surface area (Å²) < 4.78 is 1.25. The molecule has 3 heteroatoms. The minimum Gasteiger partial charge on any atom is -0.312 e. The average Bonchev–Trinajstić information content (AvgIpc) is 2.36. The van der Waals surface area contributed by atoms with E-state index in [1.54, 1.807) is 0 Å². The van der Waals surface area contributed by atoms with Gasteiger partial charge < -0.3 is 4.90 Å². The highest BCUT2D eigenvalue weighted by atomic mass is 127. The fraction of sp³-hybridized carbons (Fsp3) is 0.417. The minimum atomic E-state index is 0.262. The fourth-order valence-corrected chi connectivity index (χ4v) is 2.62. The molecule has 15 heavy (non-hydrogen) atoms. The second kappa shape index (κ2) is 4.51. The van der Waals surface area contributed by atoms with Crippen molar-refractivity contribution in [2.45, 2.75) is 26.2 Å². The van der Waals surface area contributed by atoms with Crippen LogP contribution in [-0.2, 0) is 11.2 Å². The van der Waals surface area contributed by atoms with E-state index >= 15 is 0 Å². The molecular weight excluding hydrogens is 301 g/mol. The molecule has 0 bridgehead atoms. The van der Waals surface area contributed by atoms with Crippen LogP contribution in [0.1, 0.15) is 25.3 Å². The first-order chi connectivity index (χ1) is 7.22. The van der Waals surface area contributed by atoms with E-state index in [0.717, 1.165) is 25.1 Å². The SMILES string of the molecule is CCN1C(=O)CCCc2cc(I)ccc21. The number of carbonyl (C=O) groups excluding carboxylic acids is 1. The van der Waals surface area contributed by atoms with Crippen LogP contribution in [0, 0.1) is 3.57 Å². The van der Waals surface area contributed by atoms with Crippen LogP contribution in [0.15, 0.2) is 18.2 Å². The number of anilines is 1. The van der Waals surface area contributed by atoms with Gasteiger partial charge in [-0.1, -0.05) is 0 Å². The molecule has 0 radical (unpaired) electrons. The van der Waals surface area contributed by atoms with Crippen LogP contribution in [0.3, 0.4) is 0 Å². The van der Waals surface area contributed by atoms with E-state index in [1.165, 1.54) is 9.13 Å². The van der Waals surface area contributed by atoms with Crippen molar-refractivity contribution in [3.63, 3.8) is 0 Å². The lowest BCUT2D eigenvalue weighted by Crippen LogP contribution is -2.29. The van der Waals surface area contributed by atoms with Gasteiger partial charge in [-0.25, -0.2) is 0 Å². The molecule has 0 aromatic heterocycles. The van der Waals surface area contributed by atoms with E-state index < -0.39 is 0 Å². The monoisotopic (exact) mass is 315 g/mol. The zero-order valence-electron chi connectivity index (χ0n) is 8.79. The van der Waals surface area contributed by atoms with Crippen LogP contribution < -0.4 is 4.90 Å². The molecular formula is C12H14INO. The number of rotatable bonds is 1. The second-order valence-corrected chi connectivity index (χ2v) is 5.01. The van der Waals surface area contributed by atoms with Gasteiger partial charge in [0.2, 0.25) is 5.91 Å². The van der Waals surface area contributed by atoms with E-state index in [4.69, 9.17) is 0 Å². The van der Waals surface area contributed by atoms with Gasteiger partial charge in [-0.05, 0) is 66.1 Å². The summed E-state index contributed by atoms with van der Waals surface area (Å²) in [4.78, 5) is 13.7. The Kier molecular flexibility index (Phi) is 3.29. The van der Waals surface area contributed by atoms with Crippen LogP contribution in [0.2, 0.25) is 0 Å². The Labute approximate surface area is 104 Å². The highest BCUT2D eigenvalue weighted by Crippen LogP contribution is 2.28. The molecule has 1 aliphatic heterocycles. The van der Waals surface area contributed by atoms with Crippen molar-refractivity contribution in [1.82, 2.24) is 0 Å². The molecule has 1 aromatic carbocycles. The van der Waals surface area contributed by atoms with Gasteiger partial charge in [-0.2, -0.15) is 0 Å². The Bertz CT molecular complexity index is 389. The molecule has 0 fully saturated rings. The van der Waals surface area contributed by atoms with Gasteiger partial charge in [-0.15, -0.1) is 0 Å². The third-order valence-electron chi connectivity index (χ3n) is 2.79. The van der Waals surface area contributed by atoms with E-state index in [9.17, 15) is 4.79 Å². The third-order valence-corrected chi connectivity index (χ3v) is 3.46. The Morgan fingerprint density at radius 1 is 1.40 bits per heavy atom. The summed E-state index contributed by atoms with van der Waals surface area (Å²) in [5.74, 6) is 0.262. The van der Waals surface area contributed by atoms with E-state index in [-0.39, 0.29) is 5.91 Å². The van der Waals surface area contributed by atoms with Crippen molar-refractivity contribution < 1.29 is 4.79 Å². The van der Waals surface area contributed by atoms with Crippen LogP contribution >= 0.6 is 22.6 Å². The maximum Gasteiger partial charge on any atom is 0.226 e. The topological polar surface area (TPSA) is 20.3 Å². The molecule has 0 spiro atoms. The second-order valence-electron chi connectivity index (χ2n) is 3.76. The lowest BCUT2D eigenvalue weighted by Gasteiger charge is -2.21. The molecule has 0 N–H and O–H groups in total. The molecule has 1 heterocycles. The zero-order chi connectivity index (χ0) is 10.8. The molecule has 0 saturated heterocycles. The third kappa shape index (κ3) is 2.17. The van der Waals surface area contributed by atoms with Crippen molar-refractivity contribution in [3.05, 3.63) is 27.3 Å². The van der Waals surface area contributed by atoms with Crippen LogP contribution in [0.5, 0.6) is 0 Å². The van der Waals surface area contributed by atoms with E-state index in [0.29, 0.717) is 6.42 Å². The summed E-state index contributed by atoms with van der Waals surface area (Å²) in [5, 5.41) is 0. The number of hydrogen-bond acceptors (Lipinski definition) is 1. The van der Waals surface area contributed by atoms with Gasteiger partial charge in [0.1, 0.15) is 0 Å². The Morgan fingerprint density at radius 3 is 2.93 bits per heavy atom. The first kappa shape index (κ1) is 10.9. The largest absolute Gasteiger partial charge is 0.312 e. The highest BCUT2D eigenvalue weighted by molar-refractivity contribution is 14.1. The molecule has 0 unspecified atom stereocenters. The number of aryl methyl sites for hydroxylation is 1. The number of nitrogens with zero attached hydrogens (tertiary/aromatic N) is 1. The predicted octanol–water partition coefficient (Wildman–Crippen LogP) is 2.98. The smallest absolute Gasteiger partial charge is 0.226 e. The van der Waals surface area contributed by atoms with Crippen LogP contribution in [0.25, 0.3) is 0 Å². The van der Waals surface area contributed by atoms with Crippen molar-refractivity contribution in [1.29, 1.82) is 0 Å². The summed E-state index contributed by atoms with van der Waals surface area (Å²) >= 11 is 2.32. The fourth-order valence-electron chi connectivity index (χ4n) is 2.06. The van der Waals surface area contributed by atoms with Gasteiger partial charge in [-0.3, -0.25) is 4.79 Å². The zero-order valence-corrected chi connectivity index (χ0v) is 11.0. The first-order valence-corrected chi connectivity index (χ1v) is 6.39. The van der Waals surface area contributed by atoms with Crippen LogP contribution in [-0.4, -0.2) is 12.5 Å². The van der Waals surface area contributed by atoms with Gasteiger partial charge in [0, 0.05) is 22.2 Å². The highest BCUT2D eigenvalue weighted by Gasteiger charge is 2.20. The summed E-state index contributed by atoms with van der Waals surface area (Å²) in [5.41, 5.74) is 2.43. The maximum absolute atomic E-state index is 11.8. The quantitative estimate of drug-likeness (QED) is 0.730. The Hall–Kier alpha value is -0.580. The summed E-state index contributed by atoms with van der Waals surface area (Å²) in [6.45, 7) is 2.80. The van der Waals surface area contributed by atoms with Gasteiger partial charge in [0.15, 0.2) is 0 Å². The van der Waals surface area contributed by atoms with Crippen molar-refractivity contribution in [2.24, 2.45) is 0 Å². The molecule has 0 saturated carbocycles. The summed E-state index contributed by atoms with van der Waals surface area (Å²) in [6.07, 6.45) is 2.68. The van der Waals surface area contributed by atoms with Gasteiger partial charge in [0.25, 0.3) is 0 Å². The van der Waals surface area contributed by atoms with Crippen LogP contribution in [0.4, 0.5) is 5.69 Å². The molecule has 1 aliphatic rings. The molecule has 2 nitrogen and oxygen atoms in total. The summed E-state index contributed by atoms with van der Waals surface area (Å²) in [7, 11) is 0. The number of fused-ring (bicyclic) bond motifs is 1. The van der Waals surface area contributed by atoms with E-state index in [2.05, 4.69) is 40.8 Å². The molecule has 0 atom stereocenters. The van der Waals surface area contributed by atoms with E-state index in [1.807, 2.05) is 11.8 Å². The minimum absolute atomic E-state index is 0.262. The number of carbonyl (C=O) groups is 1. The lowest BCUT2D eigenvalue weighted by molar-refractivity contribution is -0.118. The van der Waals surface area contributed by atoms with Crippen molar-refractivity contribution in [3.8, 4) is 0 Å². The molecule has 0 aliphatic carbocycles.